The first-order valence-electron chi connectivity index (χ1n) is 13.4. The van der Waals surface area contributed by atoms with Crippen molar-refractivity contribution in [3.63, 3.8) is 0 Å². The van der Waals surface area contributed by atoms with E-state index in [2.05, 4.69) is 14.9 Å². The summed E-state index contributed by atoms with van der Waals surface area (Å²) in [6.45, 7) is 10.7. The highest BCUT2D eigenvalue weighted by Crippen LogP contribution is 2.35. The molecule has 4 aromatic rings. The molecular weight excluding hydrogens is 563 g/mol. The van der Waals surface area contributed by atoms with Crippen molar-refractivity contribution in [2.45, 2.75) is 75.7 Å². The predicted octanol–water partition coefficient (Wildman–Crippen LogP) is 8.17. The number of furan rings is 1. The van der Waals surface area contributed by atoms with Crippen molar-refractivity contribution in [1.29, 1.82) is 0 Å². The zero-order chi connectivity index (χ0) is 30.5. The number of carbonyl (C=O) groups excluding carboxylic acids is 1. The molecule has 0 unspecified atom stereocenters. The quantitative estimate of drug-likeness (QED) is 0.135. The Hall–Kier alpha value is -3.63. The molecule has 0 fully saturated rings. The summed E-state index contributed by atoms with van der Waals surface area (Å²) in [5.41, 5.74) is 1.19. The number of esters is 1. The topological polar surface area (TPSA) is 68.5 Å². The van der Waals surface area contributed by atoms with Gasteiger partial charge in [-0.15, -0.1) is 11.8 Å². The van der Waals surface area contributed by atoms with Crippen LogP contribution in [0.1, 0.15) is 57.2 Å². The molecule has 0 amide bonds. The molecule has 0 aliphatic heterocycles. The van der Waals surface area contributed by atoms with E-state index in [1.807, 2.05) is 71.0 Å². The fourth-order valence-electron chi connectivity index (χ4n) is 4.17. The van der Waals surface area contributed by atoms with E-state index in [0.717, 1.165) is 28.4 Å². The van der Waals surface area contributed by atoms with Crippen molar-refractivity contribution in [1.82, 2.24) is 14.9 Å². The summed E-state index contributed by atoms with van der Waals surface area (Å²) in [5, 5.41) is 0. The molecule has 2 aromatic carbocycles. The molecule has 0 aliphatic rings. The van der Waals surface area contributed by atoms with Gasteiger partial charge in [-0.05, 0) is 82.6 Å². The number of aromatic nitrogens is 2. The Morgan fingerprint density at radius 3 is 2.29 bits per heavy atom. The first-order valence-corrected chi connectivity index (χ1v) is 14.2. The summed E-state index contributed by atoms with van der Waals surface area (Å²) in [6.07, 6.45) is -1.46. The standard InChI is InChI=1S/C32H34F3N3O3S/c1-30(2,3)41-29(39)31(4,5)42-27-13-11-22(12-14-27)18-38(20-26-10-7-15-40-26)19-25-17-28(37-21-36-25)23-8-6-9-24(16-23)32(33,34)35/h6-17,21H,18-20H2,1-5H3. The van der Waals surface area contributed by atoms with Crippen LogP contribution in [-0.4, -0.2) is 31.2 Å². The Morgan fingerprint density at radius 1 is 0.905 bits per heavy atom. The third kappa shape index (κ3) is 8.93. The number of benzene rings is 2. The van der Waals surface area contributed by atoms with Crippen LogP contribution in [-0.2, 0) is 35.3 Å². The number of thioether (sulfide) groups is 1. The number of alkyl halides is 3. The molecule has 6 nitrogen and oxygen atoms in total. The summed E-state index contributed by atoms with van der Waals surface area (Å²) in [6, 6.07) is 18.5. The highest BCUT2D eigenvalue weighted by Gasteiger charge is 2.34. The summed E-state index contributed by atoms with van der Waals surface area (Å²) >= 11 is 1.44. The molecule has 0 atom stereocenters. The smallest absolute Gasteiger partial charge is 0.416 e. The molecule has 222 valence electrons. The molecule has 2 heterocycles. The molecule has 0 aliphatic carbocycles. The van der Waals surface area contributed by atoms with E-state index in [-0.39, 0.29) is 5.97 Å². The minimum Gasteiger partial charge on any atom is -0.468 e. The summed E-state index contributed by atoms with van der Waals surface area (Å²) < 4.78 is 50.2. The van der Waals surface area contributed by atoms with Gasteiger partial charge in [0, 0.05) is 23.5 Å². The second-order valence-electron chi connectivity index (χ2n) is 11.5. The molecular formula is C32H34F3N3O3S. The highest BCUT2D eigenvalue weighted by atomic mass is 32.2. The van der Waals surface area contributed by atoms with Crippen LogP contribution in [0.2, 0.25) is 0 Å². The monoisotopic (exact) mass is 597 g/mol. The van der Waals surface area contributed by atoms with Gasteiger partial charge in [0.1, 0.15) is 22.4 Å². The van der Waals surface area contributed by atoms with E-state index in [9.17, 15) is 18.0 Å². The summed E-state index contributed by atoms with van der Waals surface area (Å²) in [5.74, 6) is 0.497. The zero-order valence-electron chi connectivity index (χ0n) is 24.2. The van der Waals surface area contributed by atoms with Gasteiger partial charge in [0.2, 0.25) is 0 Å². The van der Waals surface area contributed by atoms with Crippen LogP contribution in [0.25, 0.3) is 11.3 Å². The van der Waals surface area contributed by atoms with Crippen molar-refractivity contribution < 1.29 is 27.1 Å². The number of carbonyl (C=O) groups is 1. The van der Waals surface area contributed by atoms with E-state index in [1.54, 1.807) is 18.4 Å². The van der Waals surface area contributed by atoms with E-state index < -0.39 is 22.1 Å². The Kier molecular flexibility index (Phi) is 9.47. The lowest BCUT2D eigenvalue weighted by atomic mass is 10.1. The first kappa shape index (κ1) is 31.3. The lowest BCUT2D eigenvalue weighted by Gasteiger charge is -2.28. The maximum atomic E-state index is 13.3. The minimum atomic E-state index is -4.44. The SMILES string of the molecule is CC(C)(C)OC(=O)C(C)(C)Sc1ccc(CN(Cc2cc(-c3cccc(C(F)(F)F)c3)ncn2)Cc2ccco2)cc1. The molecule has 0 saturated carbocycles. The fraction of sp³-hybridized carbons (Fsp3) is 0.344. The largest absolute Gasteiger partial charge is 0.468 e. The van der Waals surface area contributed by atoms with Crippen LogP contribution >= 0.6 is 11.8 Å². The lowest BCUT2D eigenvalue weighted by molar-refractivity contribution is -0.156. The maximum absolute atomic E-state index is 13.3. The first-order chi connectivity index (χ1) is 19.7. The average Bonchev–Trinajstić information content (AvgIpc) is 3.41. The van der Waals surface area contributed by atoms with Gasteiger partial charge >= 0.3 is 12.1 Å². The maximum Gasteiger partial charge on any atom is 0.416 e. The zero-order valence-corrected chi connectivity index (χ0v) is 25.1. The second kappa shape index (κ2) is 12.7. The van der Waals surface area contributed by atoms with Crippen LogP contribution < -0.4 is 0 Å². The normalized spacial score (nSPS) is 12.5. The Labute approximate surface area is 248 Å². The van der Waals surface area contributed by atoms with Crippen LogP contribution in [0.4, 0.5) is 13.2 Å². The van der Waals surface area contributed by atoms with Gasteiger partial charge in [-0.25, -0.2) is 9.97 Å². The van der Waals surface area contributed by atoms with E-state index in [1.165, 1.54) is 24.2 Å². The van der Waals surface area contributed by atoms with Gasteiger partial charge in [0.05, 0.1) is 29.8 Å². The predicted molar refractivity (Wildman–Crippen MR) is 156 cm³/mol. The summed E-state index contributed by atoms with van der Waals surface area (Å²) in [4.78, 5) is 24.4. The molecule has 10 heteroatoms. The molecule has 0 N–H and O–H groups in total. The molecule has 2 aromatic heterocycles. The molecule has 0 spiro atoms. The van der Waals surface area contributed by atoms with Crippen molar-refractivity contribution in [2.24, 2.45) is 0 Å². The van der Waals surface area contributed by atoms with Crippen LogP contribution in [0.5, 0.6) is 0 Å². The number of rotatable bonds is 10. The highest BCUT2D eigenvalue weighted by molar-refractivity contribution is 8.01. The third-order valence-corrected chi connectivity index (χ3v) is 7.33. The van der Waals surface area contributed by atoms with E-state index >= 15 is 0 Å². The van der Waals surface area contributed by atoms with Crippen molar-refractivity contribution in [3.8, 4) is 11.3 Å². The van der Waals surface area contributed by atoms with E-state index in [4.69, 9.17) is 9.15 Å². The van der Waals surface area contributed by atoms with Crippen molar-refractivity contribution in [3.05, 3.63) is 102 Å². The van der Waals surface area contributed by atoms with E-state index in [0.29, 0.717) is 36.6 Å². The van der Waals surface area contributed by atoms with Gasteiger partial charge in [0.25, 0.3) is 0 Å². The third-order valence-electron chi connectivity index (χ3n) is 6.15. The number of hydrogen-bond acceptors (Lipinski definition) is 7. The van der Waals surface area contributed by atoms with Gasteiger partial charge in [-0.2, -0.15) is 13.2 Å². The Morgan fingerprint density at radius 2 is 1.64 bits per heavy atom. The molecule has 0 bridgehead atoms. The van der Waals surface area contributed by atoms with Crippen molar-refractivity contribution >= 4 is 17.7 Å². The Bertz CT molecular complexity index is 1480. The van der Waals surface area contributed by atoms with Crippen LogP contribution in [0.15, 0.2) is 88.6 Å². The Balaban J connectivity index is 1.50. The van der Waals surface area contributed by atoms with Crippen molar-refractivity contribution in [2.75, 3.05) is 0 Å². The van der Waals surface area contributed by atoms with Gasteiger partial charge < -0.3 is 9.15 Å². The number of nitrogens with zero attached hydrogens (tertiary/aromatic N) is 3. The molecule has 42 heavy (non-hydrogen) atoms. The number of hydrogen-bond donors (Lipinski definition) is 0. The van der Waals surface area contributed by atoms with Crippen LogP contribution in [0.3, 0.4) is 0 Å². The van der Waals surface area contributed by atoms with Gasteiger partial charge in [0.15, 0.2) is 0 Å². The number of ether oxygens (including phenoxy) is 1. The molecule has 0 radical (unpaired) electrons. The van der Waals surface area contributed by atoms with Crippen LogP contribution in [0, 0.1) is 0 Å². The fourth-order valence-corrected chi connectivity index (χ4v) is 5.16. The summed E-state index contributed by atoms with van der Waals surface area (Å²) in [7, 11) is 0. The van der Waals surface area contributed by atoms with Gasteiger partial charge in [-0.1, -0.05) is 24.3 Å². The minimum absolute atomic E-state index is 0.275. The number of halogens is 3. The molecule has 0 saturated heterocycles. The lowest BCUT2D eigenvalue weighted by Crippen LogP contribution is -2.36. The average molecular weight is 598 g/mol. The van der Waals surface area contributed by atoms with Gasteiger partial charge in [-0.3, -0.25) is 9.69 Å². The second-order valence-corrected chi connectivity index (χ2v) is 13.2. The molecule has 4 rings (SSSR count).